The molecule has 0 fully saturated rings. The Labute approximate surface area is 171 Å². The minimum atomic E-state index is -0.463. The summed E-state index contributed by atoms with van der Waals surface area (Å²) >= 11 is 0. The Morgan fingerprint density at radius 2 is 2.07 bits per heavy atom. The second-order valence-electron chi connectivity index (χ2n) is 6.68. The molecule has 0 atom stereocenters. The molecule has 0 radical (unpaired) electrons. The van der Waals surface area contributed by atoms with Gasteiger partial charge in [0.1, 0.15) is 11.6 Å². The van der Waals surface area contributed by atoms with Crippen molar-refractivity contribution in [3.63, 3.8) is 0 Å². The number of carbonyl (C=O) groups excluding carboxylic acids is 1. The molecule has 4 rings (SSSR count). The van der Waals surface area contributed by atoms with Crippen LogP contribution in [0.1, 0.15) is 22.0 Å². The number of halogens is 1. The van der Waals surface area contributed by atoms with Gasteiger partial charge >= 0.3 is 0 Å². The van der Waals surface area contributed by atoms with E-state index >= 15 is 0 Å². The zero-order valence-electron chi connectivity index (χ0n) is 16.2. The Morgan fingerprint density at radius 1 is 1.17 bits per heavy atom. The smallest absolute Gasteiger partial charge is 0.273 e. The number of benzene rings is 1. The maximum atomic E-state index is 13.6. The summed E-state index contributed by atoms with van der Waals surface area (Å²) in [6.45, 7) is 1.98. The SMILES string of the molecule is O=C(NCc1ncccc1F)c1cn(CCNCCc2nc3ccccc3[nH]2)nn1. The zero-order valence-corrected chi connectivity index (χ0v) is 16.2. The first-order chi connectivity index (χ1) is 14.7. The molecule has 9 nitrogen and oxygen atoms in total. The van der Waals surface area contributed by atoms with Gasteiger partial charge in [0.25, 0.3) is 5.91 Å². The van der Waals surface area contributed by atoms with Crippen molar-refractivity contribution in [3.05, 3.63) is 71.8 Å². The van der Waals surface area contributed by atoms with Gasteiger partial charge in [-0.3, -0.25) is 14.5 Å². The number of H-pyrrole nitrogens is 1. The van der Waals surface area contributed by atoms with Gasteiger partial charge in [0.15, 0.2) is 5.69 Å². The van der Waals surface area contributed by atoms with Gasteiger partial charge in [-0.1, -0.05) is 17.3 Å². The van der Waals surface area contributed by atoms with Crippen LogP contribution in [0.15, 0.2) is 48.8 Å². The van der Waals surface area contributed by atoms with Crippen molar-refractivity contribution in [2.75, 3.05) is 13.1 Å². The largest absolute Gasteiger partial charge is 0.345 e. The Bertz CT molecular complexity index is 1110. The van der Waals surface area contributed by atoms with E-state index in [0.717, 1.165) is 29.8 Å². The summed E-state index contributed by atoms with van der Waals surface area (Å²) in [5.74, 6) is 0.0482. The summed E-state index contributed by atoms with van der Waals surface area (Å²) in [5.41, 5.74) is 2.35. The van der Waals surface area contributed by atoms with Crippen LogP contribution in [0, 0.1) is 5.82 Å². The van der Waals surface area contributed by atoms with Crippen molar-refractivity contribution in [1.82, 2.24) is 40.6 Å². The molecule has 30 heavy (non-hydrogen) atoms. The zero-order chi connectivity index (χ0) is 20.8. The summed E-state index contributed by atoms with van der Waals surface area (Å²) in [5, 5.41) is 13.7. The molecule has 10 heteroatoms. The number of rotatable bonds is 9. The maximum Gasteiger partial charge on any atom is 0.273 e. The summed E-state index contributed by atoms with van der Waals surface area (Å²) in [6, 6.07) is 10.7. The molecular formula is C20H21FN8O. The van der Waals surface area contributed by atoms with Crippen molar-refractivity contribution in [2.45, 2.75) is 19.5 Å². The van der Waals surface area contributed by atoms with Gasteiger partial charge in [0.2, 0.25) is 0 Å². The Hall–Kier alpha value is -3.66. The minimum Gasteiger partial charge on any atom is -0.345 e. The number of nitrogens with zero attached hydrogens (tertiary/aromatic N) is 5. The number of nitrogens with one attached hydrogen (secondary N) is 3. The standard InChI is InChI=1S/C20H21FN8O/c21-14-4-3-8-23-17(14)12-24-20(30)18-13-29(28-27-18)11-10-22-9-7-19-25-15-5-1-2-6-16(15)26-19/h1-6,8,13,22H,7,9-12H2,(H,24,30)(H,25,26). The quantitative estimate of drug-likeness (QED) is 0.361. The third-order valence-corrected chi connectivity index (χ3v) is 4.52. The topological polar surface area (TPSA) is 113 Å². The number of aromatic nitrogens is 6. The van der Waals surface area contributed by atoms with Crippen LogP contribution in [-0.2, 0) is 19.5 Å². The molecule has 1 amide bonds. The molecule has 0 saturated carbocycles. The van der Waals surface area contributed by atoms with Crippen LogP contribution in [0.3, 0.4) is 0 Å². The summed E-state index contributed by atoms with van der Waals surface area (Å²) in [6.07, 6.45) is 3.82. The van der Waals surface area contributed by atoms with Crippen molar-refractivity contribution in [1.29, 1.82) is 0 Å². The van der Waals surface area contributed by atoms with Gasteiger partial charge in [0.05, 0.1) is 36.0 Å². The number of fused-ring (bicyclic) bond motifs is 1. The van der Waals surface area contributed by atoms with Crippen LogP contribution in [0.4, 0.5) is 4.39 Å². The number of carbonyl (C=O) groups is 1. The van der Waals surface area contributed by atoms with Crippen LogP contribution in [0.5, 0.6) is 0 Å². The summed E-state index contributed by atoms with van der Waals surface area (Å²) in [4.78, 5) is 23.9. The first kappa shape index (κ1) is 19.6. The monoisotopic (exact) mass is 408 g/mol. The van der Waals surface area contributed by atoms with Crippen LogP contribution in [0.2, 0.25) is 0 Å². The summed E-state index contributed by atoms with van der Waals surface area (Å²) in [7, 11) is 0. The first-order valence-electron chi connectivity index (χ1n) is 9.61. The van der Waals surface area contributed by atoms with Crippen molar-refractivity contribution >= 4 is 16.9 Å². The first-order valence-corrected chi connectivity index (χ1v) is 9.61. The highest BCUT2D eigenvalue weighted by molar-refractivity contribution is 5.91. The average molecular weight is 408 g/mol. The molecule has 3 heterocycles. The molecule has 3 aromatic heterocycles. The summed E-state index contributed by atoms with van der Waals surface area (Å²) < 4.78 is 15.1. The van der Waals surface area contributed by atoms with E-state index in [-0.39, 0.29) is 17.9 Å². The van der Waals surface area contributed by atoms with E-state index in [0.29, 0.717) is 13.1 Å². The third-order valence-electron chi connectivity index (χ3n) is 4.52. The van der Waals surface area contributed by atoms with E-state index in [1.165, 1.54) is 18.3 Å². The molecule has 154 valence electrons. The molecule has 0 bridgehead atoms. The van der Waals surface area contributed by atoms with Crippen molar-refractivity contribution < 1.29 is 9.18 Å². The van der Waals surface area contributed by atoms with Crippen LogP contribution in [0.25, 0.3) is 11.0 Å². The van der Waals surface area contributed by atoms with E-state index in [1.807, 2.05) is 24.3 Å². The minimum absolute atomic E-state index is 0.0122. The Balaban J connectivity index is 1.19. The van der Waals surface area contributed by atoms with Crippen molar-refractivity contribution in [3.8, 4) is 0 Å². The third kappa shape index (κ3) is 4.84. The van der Waals surface area contributed by atoms with E-state index in [9.17, 15) is 9.18 Å². The van der Waals surface area contributed by atoms with Gasteiger partial charge in [-0.15, -0.1) is 5.10 Å². The predicted octanol–water partition coefficient (Wildman–Crippen LogP) is 1.45. The lowest BCUT2D eigenvalue weighted by Gasteiger charge is -2.04. The predicted molar refractivity (Wildman–Crippen MR) is 108 cm³/mol. The molecule has 0 spiro atoms. The number of hydrogen-bond donors (Lipinski definition) is 3. The maximum absolute atomic E-state index is 13.6. The number of amides is 1. The van der Waals surface area contributed by atoms with Gasteiger partial charge in [-0.2, -0.15) is 0 Å². The number of para-hydroxylation sites is 2. The Kier molecular flexibility index (Phi) is 6.04. The second-order valence-corrected chi connectivity index (χ2v) is 6.68. The number of aromatic amines is 1. The molecule has 0 aliphatic heterocycles. The van der Waals surface area contributed by atoms with Gasteiger partial charge in [-0.25, -0.2) is 9.37 Å². The molecular weight excluding hydrogens is 387 g/mol. The fraction of sp³-hybridized carbons (Fsp3) is 0.250. The van der Waals surface area contributed by atoms with Gasteiger partial charge in [0, 0.05) is 25.7 Å². The van der Waals surface area contributed by atoms with E-state index in [1.54, 1.807) is 10.9 Å². The van der Waals surface area contributed by atoms with Gasteiger partial charge < -0.3 is 15.6 Å². The van der Waals surface area contributed by atoms with E-state index in [2.05, 4.69) is 35.9 Å². The second kappa shape index (κ2) is 9.23. The molecule has 3 N–H and O–H groups in total. The highest BCUT2D eigenvalue weighted by Gasteiger charge is 2.12. The lowest BCUT2D eigenvalue weighted by molar-refractivity contribution is 0.0945. The highest BCUT2D eigenvalue weighted by Crippen LogP contribution is 2.10. The molecule has 0 aliphatic rings. The molecule has 0 unspecified atom stereocenters. The van der Waals surface area contributed by atoms with E-state index in [4.69, 9.17) is 0 Å². The fourth-order valence-corrected chi connectivity index (χ4v) is 2.96. The van der Waals surface area contributed by atoms with Crippen molar-refractivity contribution in [2.24, 2.45) is 0 Å². The lowest BCUT2D eigenvalue weighted by atomic mass is 10.3. The van der Waals surface area contributed by atoms with Crippen LogP contribution in [-0.4, -0.2) is 48.9 Å². The van der Waals surface area contributed by atoms with Gasteiger partial charge in [-0.05, 0) is 24.3 Å². The normalized spacial score (nSPS) is 11.1. The van der Waals surface area contributed by atoms with Crippen LogP contribution < -0.4 is 10.6 Å². The molecule has 0 aliphatic carbocycles. The molecule has 1 aromatic carbocycles. The number of imidazole rings is 1. The number of pyridine rings is 1. The molecule has 0 saturated heterocycles. The molecule has 4 aromatic rings. The number of hydrogen-bond acceptors (Lipinski definition) is 6. The van der Waals surface area contributed by atoms with E-state index < -0.39 is 11.7 Å². The highest BCUT2D eigenvalue weighted by atomic mass is 19.1. The average Bonchev–Trinajstić information content (AvgIpc) is 3.39. The van der Waals surface area contributed by atoms with Crippen LogP contribution >= 0.6 is 0 Å². The Morgan fingerprint density at radius 3 is 2.93 bits per heavy atom. The fourth-order valence-electron chi connectivity index (χ4n) is 2.96. The lowest BCUT2D eigenvalue weighted by Crippen LogP contribution is -2.24.